The summed E-state index contributed by atoms with van der Waals surface area (Å²) >= 11 is 6.32. The molecule has 3 aromatic carbocycles. The number of sulfonamides is 1. The minimum atomic E-state index is -3.95. The molecule has 7 nitrogen and oxygen atoms in total. The van der Waals surface area contributed by atoms with Crippen molar-refractivity contribution in [3.05, 3.63) is 77.3 Å². The first-order valence-electron chi connectivity index (χ1n) is 11.8. The van der Waals surface area contributed by atoms with E-state index in [1.165, 1.54) is 18.0 Å². The lowest BCUT2D eigenvalue weighted by Crippen LogP contribution is -2.51. The second-order valence-corrected chi connectivity index (χ2v) is 11.7. The maximum absolute atomic E-state index is 13.4. The van der Waals surface area contributed by atoms with Gasteiger partial charge in [-0.2, -0.15) is 4.31 Å². The van der Waals surface area contributed by atoms with Crippen molar-refractivity contribution in [2.75, 3.05) is 20.1 Å². The molecule has 3 rings (SSSR count). The fraction of sp³-hybridized carbons (Fsp3) is 0.333. The summed E-state index contributed by atoms with van der Waals surface area (Å²) < 4.78 is 27.6. The zero-order valence-corrected chi connectivity index (χ0v) is 22.5. The maximum Gasteiger partial charge on any atom is 0.243 e. The molecule has 0 saturated heterocycles. The zero-order valence-electron chi connectivity index (χ0n) is 20.9. The Balaban J connectivity index is 1.84. The van der Waals surface area contributed by atoms with E-state index in [0.717, 1.165) is 15.1 Å². The average molecular weight is 530 g/mol. The number of rotatable bonds is 10. The van der Waals surface area contributed by atoms with Gasteiger partial charge in [0.2, 0.25) is 21.8 Å². The Labute approximate surface area is 218 Å². The van der Waals surface area contributed by atoms with Gasteiger partial charge >= 0.3 is 0 Å². The van der Waals surface area contributed by atoms with E-state index >= 15 is 0 Å². The van der Waals surface area contributed by atoms with Crippen LogP contribution in [0.15, 0.2) is 71.6 Å². The minimum Gasteiger partial charge on any atom is -0.354 e. The molecule has 9 heteroatoms. The lowest BCUT2D eigenvalue weighted by Gasteiger charge is -2.30. The summed E-state index contributed by atoms with van der Waals surface area (Å²) in [5.41, 5.74) is 0.663. The maximum atomic E-state index is 13.4. The third-order valence-electron chi connectivity index (χ3n) is 5.94. The molecule has 0 spiro atoms. The van der Waals surface area contributed by atoms with Gasteiger partial charge in [-0.1, -0.05) is 74.0 Å². The molecule has 2 amide bonds. The molecular formula is C27H32ClN3O4S. The van der Waals surface area contributed by atoms with E-state index in [1.807, 2.05) is 38.1 Å². The van der Waals surface area contributed by atoms with Crippen LogP contribution in [0, 0.1) is 5.92 Å². The van der Waals surface area contributed by atoms with Crippen molar-refractivity contribution in [2.24, 2.45) is 5.92 Å². The number of hydrogen-bond acceptors (Lipinski definition) is 4. The van der Waals surface area contributed by atoms with Crippen LogP contribution in [0.25, 0.3) is 10.8 Å². The molecule has 3 aromatic rings. The van der Waals surface area contributed by atoms with Crippen LogP contribution in [-0.4, -0.2) is 55.6 Å². The molecule has 0 heterocycles. The molecule has 1 atom stereocenters. The molecule has 0 radical (unpaired) electrons. The normalized spacial score (nSPS) is 12.6. The van der Waals surface area contributed by atoms with Crippen LogP contribution in [0.3, 0.4) is 0 Å². The highest BCUT2D eigenvalue weighted by Crippen LogP contribution is 2.22. The van der Waals surface area contributed by atoms with Crippen LogP contribution < -0.4 is 5.32 Å². The summed E-state index contributed by atoms with van der Waals surface area (Å²) in [6.07, 6.45) is 0. The second kappa shape index (κ2) is 11.9. The minimum absolute atomic E-state index is 0.0681. The molecule has 36 heavy (non-hydrogen) atoms. The van der Waals surface area contributed by atoms with Gasteiger partial charge in [0.1, 0.15) is 6.04 Å². The van der Waals surface area contributed by atoms with E-state index in [-0.39, 0.29) is 23.3 Å². The molecule has 0 aliphatic heterocycles. The van der Waals surface area contributed by atoms with Crippen molar-refractivity contribution in [1.29, 1.82) is 0 Å². The molecule has 0 fully saturated rings. The largest absolute Gasteiger partial charge is 0.354 e. The third-order valence-corrected chi connectivity index (χ3v) is 8.11. The second-order valence-electron chi connectivity index (χ2n) is 9.20. The van der Waals surface area contributed by atoms with Gasteiger partial charge in [-0.05, 0) is 47.4 Å². The molecule has 1 N–H and O–H groups in total. The summed E-state index contributed by atoms with van der Waals surface area (Å²) in [5, 5.41) is 5.01. The van der Waals surface area contributed by atoms with Crippen LogP contribution in [-0.2, 0) is 26.2 Å². The molecule has 0 aliphatic rings. The molecule has 0 aliphatic carbocycles. The first-order chi connectivity index (χ1) is 17.0. The van der Waals surface area contributed by atoms with Gasteiger partial charge in [-0.3, -0.25) is 9.59 Å². The van der Waals surface area contributed by atoms with Gasteiger partial charge in [0, 0.05) is 25.2 Å². The zero-order chi connectivity index (χ0) is 26.5. The highest BCUT2D eigenvalue weighted by atomic mass is 35.5. The first-order valence-corrected chi connectivity index (χ1v) is 13.6. The van der Waals surface area contributed by atoms with E-state index in [9.17, 15) is 18.0 Å². The summed E-state index contributed by atoms with van der Waals surface area (Å²) in [6.45, 7) is 5.68. The highest BCUT2D eigenvalue weighted by Gasteiger charge is 2.30. The lowest BCUT2D eigenvalue weighted by atomic mass is 10.1. The Bertz CT molecular complexity index is 1340. The Morgan fingerprint density at radius 3 is 2.25 bits per heavy atom. The Morgan fingerprint density at radius 1 is 0.944 bits per heavy atom. The Hall–Kier alpha value is -2.94. The van der Waals surface area contributed by atoms with Gasteiger partial charge in [0.25, 0.3) is 0 Å². The summed E-state index contributed by atoms with van der Waals surface area (Å²) in [7, 11) is -2.59. The lowest BCUT2D eigenvalue weighted by molar-refractivity contribution is -0.140. The van der Waals surface area contributed by atoms with E-state index < -0.39 is 28.5 Å². The number of halogens is 1. The summed E-state index contributed by atoms with van der Waals surface area (Å²) in [6, 6.07) is 18.5. The number of benzene rings is 3. The fourth-order valence-corrected chi connectivity index (χ4v) is 5.07. The molecule has 0 bridgehead atoms. The number of carbonyl (C=O) groups is 2. The number of nitrogens with one attached hydrogen (secondary N) is 1. The van der Waals surface area contributed by atoms with E-state index in [1.54, 1.807) is 43.3 Å². The van der Waals surface area contributed by atoms with Crippen molar-refractivity contribution in [3.63, 3.8) is 0 Å². The summed E-state index contributed by atoms with van der Waals surface area (Å²) in [4.78, 5) is 27.7. The number of hydrogen-bond donors (Lipinski definition) is 1. The van der Waals surface area contributed by atoms with E-state index in [0.29, 0.717) is 17.1 Å². The van der Waals surface area contributed by atoms with Crippen molar-refractivity contribution in [1.82, 2.24) is 14.5 Å². The van der Waals surface area contributed by atoms with Crippen LogP contribution in [0.5, 0.6) is 0 Å². The van der Waals surface area contributed by atoms with Gasteiger partial charge in [0.05, 0.1) is 11.4 Å². The van der Waals surface area contributed by atoms with Crippen LogP contribution in [0.4, 0.5) is 0 Å². The third kappa shape index (κ3) is 6.63. The number of amides is 2. The predicted octanol–water partition coefficient (Wildman–Crippen LogP) is 4.30. The van der Waals surface area contributed by atoms with Crippen LogP contribution in [0.1, 0.15) is 26.3 Å². The quantitative estimate of drug-likeness (QED) is 0.424. The average Bonchev–Trinajstić information content (AvgIpc) is 2.85. The Morgan fingerprint density at radius 2 is 1.58 bits per heavy atom. The van der Waals surface area contributed by atoms with Crippen molar-refractivity contribution < 1.29 is 18.0 Å². The van der Waals surface area contributed by atoms with Gasteiger partial charge in [0.15, 0.2) is 0 Å². The summed E-state index contributed by atoms with van der Waals surface area (Å²) in [5.74, 6) is -0.578. The molecule has 1 unspecified atom stereocenters. The van der Waals surface area contributed by atoms with Gasteiger partial charge < -0.3 is 10.2 Å². The SMILES string of the molecule is CC(C)CNC(=O)C(C)N(Cc1ccccc1Cl)C(=O)CN(C)S(=O)(=O)c1ccc2ccccc2c1. The first kappa shape index (κ1) is 27.6. The number of carbonyl (C=O) groups excluding carboxylic acids is 2. The van der Waals surface area contributed by atoms with E-state index in [4.69, 9.17) is 11.6 Å². The monoisotopic (exact) mass is 529 g/mol. The molecule has 0 aromatic heterocycles. The number of likely N-dealkylation sites (N-methyl/N-ethyl adjacent to an activating group) is 1. The van der Waals surface area contributed by atoms with Crippen molar-refractivity contribution >= 4 is 44.2 Å². The smallest absolute Gasteiger partial charge is 0.243 e. The van der Waals surface area contributed by atoms with Gasteiger partial charge in [-0.25, -0.2) is 8.42 Å². The predicted molar refractivity (Wildman–Crippen MR) is 143 cm³/mol. The van der Waals surface area contributed by atoms with Crippen molar-refractivity contribution in [3.8, 4) is 0 Å². The fourth-order valence-electron chi connectivity index (χ4n) is 3.72. The standard InChI is InChI=1S/C27H32ClN3O4S/c1-19(2)16-29-27(33)20(3)31(17-23-11-7-8-12-25(23)28)26(32)18-30(4)36(34,35)24-14-13-21-9-5-6-10-22(21)15-24/h5-15,19-20H,16-18H2,1-4H3,(H,29,33). The molecular weight excluding hydrogens is 498 g/mol. The molecule has 0 saturated carbocycles. The molecule has 192 valence electrons. The number of nitrogens with zero attached hydrogens (tertiary/aromatic N) is 2. The highest BCUT2D eigenvalue weighted by molar-refractivity contribution is 7.89. The topological polar surface area (TPSA) is 86.8 Å². The van der Waals surface area contributed by atoms with E-state index in [2.05, 4.69) is 5.32 Å². The Kier molecular flexibility index (Phi) is 9.11. The van der Waals surface area contributed by atoms with Crippen LogP contribution >= 0.6 is 11.6 Å². The van der Waals surface area contributed by atoms with Crippen molar-refractivity contribution in [2.45, 2.75) is 38.3 Å². The van der Waals surface area contributed by atoms with Crippen LogP contribution in [0.2, 0.25) is 5.02 Å². The number of fused-ring (bicyclic) bond motifs is 1. The van der Waals surface area contributed by atoms with Gasteiger partial charge in [-0.15, -0.1) is 0 Å².